The molecule has 10 nitrogen and oxygen atoms in total. The summed E-state index contributed by atoms with van der Waals surface area (Å²) >= 11 is 5.88. The van der Waals surface area contributed by atoms with Gasteiger partial charge in [0.1, 0.15) is 23.8 Å². The van der Waals surface area contributed by atoms with Crippen LogP contribution in [0.5, 0.6) is 5.88 Å². The lowest BCUT2D eigenvalue weighted by Crippen LogP contribution is -2.35. The zero-order valence-electron chi connectivity index (χ0n) is 24.5. The highest BCUT2D eigenvalue weighted by Crippen LogP contribution is 2.34. The molecule has 4 aromatic heterocycles. The fourth-order valence-electron chi connectivity index (χ4n) is 5.87. The Morgan fingerprint density at radius 3 is 2.61 bits per heavy atom. The summed E-state index contributed by atoms with van der Waals surface area (Å²) in [6.45, 7) is 3.50. The number of halogens is 5. The largest absolute Gasteiger partial charge is 0.472 e. The van der Waals surface area contributed by atoms with E-state index in [1.165, 1.54) is 12.3 Å². The summed E-state index contributed by atoms with van der Waals surface area (Å²) in [5.41, 5.74) is 2.94. The Morgan fingerprint density at radius 2 is 1.89 bits per heavy atom. The average Bonchev–Trinajstić information content (AvgIpc) is 3.64. The van der Waals surface area contributed by atoms with Gasteiger partial charge in [0.15, 0.2) is 11.5 Å². The number of aromatic nitrogens is 7. The molecule has 0 aliphatic carbocycles. The Kier molecular flexibility index (Phi) is 8.34. The molecule has 2 saturated heterocycles. The van der Waals surface area contributed by atoms with Crippen molar-refractivity contribution in [2.75, 3.05) is 19.7 Å². The van der Waals surface area contributed by atoms with Crippen LogP contribution < -0.4 is 4.74 Å². The van der Waals surface area contributed by atoms with Gasteiger partial charge in [-0.3, -0.25) is 4.90 Å². The number of nitrogens with one attached hydrogen (secondary N) is 1. The number of nitrogens with zero attached hydrogens (tertiary/aromatic N) is 7. The Balaban J connectivity index is 1.06. The Bertz CT molecular complexity index is 1850. The summed E-state index contributed by atoms with van der Waals surface area (Å²) in [6, 6.07) is 10.1. The maximum atomic E-state index is 14.3. The smallest absolute Gasteiger partial charge is 0.451 e. The summed E-state index contributed by atoms with van der Waals surface area (Å²) < 4.78 is 67.2. The van der Waals surface area contributed by atoms with Gasteiger partial charge in [-0.05, 0) is 62.5 Å². The molecule has 0 unspecified atom stereocenters. The zero-order chi connectivity index (χ0) is 31.8. The van der Waals surface area contributed by atoms with Crippen LogP contribution in [0, 0.1) is 5.82 Å². The van der Waals surface area contributed by atoms with E-state index in [0.717, 1.165) is 43.7 Å². The third kappa shape index (κ3) is 6.42. The number of alkyl halides is 3. The molecular weight excluding hydrogens is 628 g/mol. The van der Waals surface area contributed by atoms with Crippen molar-refractivity contribution in [1.29, 1.82) is 0 Å². The number of H-pyrrole nitrogens is 1. The first kappa shape index (κ1) is 30.5. The van der Waals surface area contributed by atoms with E-state index in [4.69, 9.17) is 26.1 Å². The van der Waals surface area contributed by atoms with Gasteiger partial charge in [0, 0.05) is 40.7 Å². The normalized spacial score (nSPS) is 17.8. The minimum atomic E-state index is -4.63. The second-order valence-corrected chi connectivity index (χ2v) is 11.9. The van der Waals surface area contributed by atoms with Crippen LogP contribution >= 0.6 is 11.6 Å². The van der Waals surface area contributed by atoms with Gasteiger partial charge in [-0.2, -0.15) is 13.2 Å². The van der Waals surface area contributed by atoms with E-state index in [0.29, 0.717) is 52.9 Å². The number of ether oxygens (including phenoxy) is 2. The summed E-state index contributed by atoms with van der Waals surface area (Å²) in [6.07, 6.45) is 1.22. The zero-order valence-corrected chi connectivity index (χ0v) is 25.2. The quantitative estimate of drug-likeness (QED) is 0.188. The number of benzene rings is 1. The summed E-state index contributed by atoms with van der Waals surface area (Å²) in [7, 11) is 0. The van der Waals surface area contributed by atoms with Crippen LogP contribution in [0.25, 0.3) is 22.6 Å². The lowest BCUT2D eigenvalue weighted by molar-refractivity contribution is -0.144. The second-order valence-electron chi connectivity index (χ2n) is 11.5. The summed E-state index contributed by atoms with van der Waals surface area (Å²) in [4.78, 5) is 18.4. The van der Waals surface area contributed by atoms with Crippen LogP contribution in [0.4, 0.5) is 17.6 Å². The Hall–Kier alpha value is -4.14. The molecule has 0 bridgehead atoms. The van der Waals surface area contributed by atoms with Crippen LogP contribution in [0.15, 0.2) is 48.8 Å². The lowest BCUT2D eigenvalue weighted by atomic mass is 9.90. The topological polar surface area (TPSA) is 107 Å². The first-order valence-electron chi connectivity index (χ1n) is 14.9. The van der Waals surface area contributed by atoms with Gasteiger partial charge in [0.25, 0.3) is 0 Å². The molecular formula is C31H29ClF4N8O2. The third-order valence-electron chi connectivity index (χ3n) is 8.44. The molecule has 0 saturated carbocycles. The monoisotopic (exact) mass is 656 g/mol. The van der Waals surface area contributed by atoms with E-state index in [1.807, 2.05) is 16.7 Å². The van der Waals surface area contributed by atoms with Gasteiger partial charge in [-0.1, -0.05) is 23.7 Å². The number of rotatable bonds is 9. The molecule has 1 atom stereocenters. The number of fused-ring (bicyclic) bond motifs is 1. The Labute approximate surface area is 265 Å². The third-order valence-corrected chi connectivity index (χ3v) is 8.68. The number of likely N-dealkylation sites (tertiary alicyclic amines) is 1. The highest BCUT2D eigenvalue weighted by molar-refractivity contribution is 6.30. The molecule has 1 N–H and O–H groups in total. The van der Waals surface area contributed by atoms with Crippen LogP contribution in [-0.2, 0) is 30.6 Å². The molecule has 46 heavy (non-hydrogen) atoms. The molecule has 15 heteroatoms. The van der Waals surface area contributed by atoms with Crippen molar-refractivity contribution >= 4 is 22.8 Å². The number of aromatic amines is 1. The van der Waals surface area contributed by atoms with E-state index < -0.39 is 17.8 Å². The lowest BCUT2D eigenvalue weighted by Gasteiger charge is -2.33. The molecule has 1 aromatic carbocycles. The molecule has 0 radical (unpaired) electrons. The van der Waals surface area contributed by atoms with Crippen LogP contribution in [0.3, 0.4) is 0 Å². The van der Waals surface area contributed by atoms with E-state index in [-0.39, 0.29) is 24.5 Å². The van der Waals surface area contributed by atoms with Gasteiger partial charge >= 0.3 is 6.18 Å². The van der Waals surface area contributed by atoms with E-state index in [1.54, 1.807) is 24.4 Å². The van der Waals surface area contributed by atoms with Crippen molar-refractivity contribution in [3.63, 3.8) is 0 Å². The predicted molar refractivity (Wildman–Crippen MR) is 159 cm³/mol. The van der Waals surface area contributed by atoms with Crippen molar-refractivity contribution in [3.8, 4) is 17.3 Å². The minimum absolute atomic E-state index is 0.0284. The van der Waals surface area contributed by atoms with E-state index in [9.17, 15) is 17.6 Å². The molecule has 6 heterocycles. The maximum Gasteiger partial charge on any atom is 0.451 e. The minimum Gasteiger partial charge on any atom is -0.472 e. The molecule has 2 aliphatic rings. The van der Waals surface area contributed by atoms with Crippen LogP contribution in [-0.4, -0.2) is 65.4 Å². The fourth-order valence-corrected chi connectivity index (χ4v) is 6.03. The first-order chi connectivity index (χ1) is 22.2. The first-order valence-corrected chi connectivity index (χ1v) is 15.3. The molecule has 0 amide bonds. The van der Waals surface area contributed by atoms with Gasteiger partial charge in [-0.15, -0.1) is 10.2 Å². The standard InChI is InChI=1S/C31H29ClF4N8O2/c32-21-4-3-19(24(33)13-21)17-46-29-23(2-1-8-37-29)18-5-9-43(10-6-18)16-26-39-25-12-20(27-40-30(42-41-27)31(34,35)36)14-38-28(25)44(26)15-22-7-11-45-22/h1-4,8,12-14,18,22H,5-7,9-11,15-17H2,(H,40,41,42)/t22-/m0/s1. The number of imidazole rings is 1. The molecule has 0 spiro atoms. The fraction of sp³-hybridized carbons (Fsp3) is 0.387. The van der Waals surface area contributed by atoms with Crippen molar-refractivity contribution < 1.29 is 27.0 Å². The van der Waals surface area contributed by atoms with Crippen LogP contribution in [0.1, 0.15) is 48.0 Å². The van der Waals surface area contributed by atoms with Gasteiger partial charge in [0.2, 0.25) is 11.7 Å². The van der Waals surface area contributed by atoms with Crippen molar-refractivity contribution in [2.45, 2.75) is 57.2 Å². The Morgan fingerprint density at radius 1 is 1.07 bits per heavy atom. The highest BCUT2D eigenvalue weighted by atomic mass is 35.5. The molecule has 2 aliphatic heterocycles. The molecule has 5 aromatic rings. The SMILES string of the molecule is Fc1cc(Cl)ccc1COc1ncccc1C1CCN(Cc2nc3cc(-c4nnc(C(F)(F)F)[nH]4)cnc3n2C[C@@H]2CCO2)CC1. The number of piperidine rings is 1. The average molecular weight is 657 g/mol. The molecule has 7 rings (SSSR count). The van der Waals surface area contributed by atoms with Crippen molar-refractivity contribution in [1.82, 2.24) is 39.6 Å². The number of hydrogen-bond acceptors (Lipinski definition) is 8. The summed E-state index contributed by atoms with van der Waals surface area (Å²) in [5.74, 6) is -0.108. The van der Waals surface area contributed by atoms with Gasteiger partial charge < -0.3 is 19.0 Å². The molecule has 2 fully saturated rings. The maximum absolute atomic E-state index is 14.3. The number of pyridine rings is 2. The van der Waals surface area contributed by atoms with Crippen molar-refractivity contribution in [3.05, 3.63) is 82.4 Å². The highest BCUT2D eigenvalue weighted by Gasteiger charge is 2.35. The van der Waals surface area contributed by atoms with Crippen molar-refractivity contribution in [2.24, 2.45) is 0 Å². The van der Waals surface area contributed by atoms with Gasteiger partial charge in [0.05, 0.1) is 19.2 Å². The van der Waals surface area contributed by atoms with E-state index >= 15 is 0 Å². The second kappa shape index (κ2) is 12.6. The summed E-state index contributed by atoms with van der Waals surface area (Å²) in [5, 5.41) is 7.22. The molecule has 240 valence electrons. The predicted octanol–water partition coefficient (Wildman–Crippen LogP) is 6.17. The van der Waals surface area contributed by atoms with Crippen LogP contribution in [0.2, 0.25) is 5.02 Å². The van der Waals surface area contributed by atoms with Gasteiger partial charge in [-0.25, -0.2) is 19.3 Å². The van der Waals surface area contributed by atoms with E-state index in [2.05, 4.69) is 30.0 Å². The number of hydrogen-bond donors (Lipinski definition) is 1.